The molecule has 3 aliphatic rings. The summed E-state index contributed by atoms with van der Waals surface area (Å²) < 4.78 is 5.81. The summed E-state index contributed by atoms with van der Waals surface area (Å²) in [6, 6.07) is 5.62. The lowest BCUT2D eigenvalue weighted by Crippen LogP contribution is -2.38. The predicted molar refractivity (Wildman–Crippen MR) is 97.1 cm³/mol. The molecule has 2 N–H and O–H groups in total. The van der Waals surface area contributed by atoms with E-state index < -0.39 is 6.10 Å². The Morgan fingerprint density at radius 2 is 2.19 bits per heavy atom. The number of fused-ring (bicyclic) bond motifs is 2. The van der Waals surface area contributed by atoms with Crippen molar-refractivity contribution in [3.8, 4) is 5.75 Å². The summed E-state index contributed by atoms with van der Waals surface area (Å²) >= 11 is 0. The number of guanidine groups is 1. The number of benzene rings is 1. The molecule has 138 valence electrons. The summed E-state index contributed by atoms with van der Waals surface area (Å²) in [5, 5.41) is 5.75. The molecule has 2 heterocycles. The molecule has 2 aliphatic heterocycles. The zero-order valence-corrected chi connectivity index (χ0v) is 15.0. The number of aliphatic imine (C=N–C) groups is 1. The van der Waals surface area contributed by atoms with Gasteiger partial charge in [-0.2, -0.15) is 0 Å². The third kappa shape index (κ3) is 3.52. The number of hydrogen-bond acceptors (Lipinski definition) is 5. The number of nitrogens with zero attached hydrogens (tertiary/aromatic N) is 2. The molecule has 7 nitrogen and oxygen atoms in total. The molecular weight excluding hydrogens is 332 g/mol. The van der Waals surface area contributed by atoms with Gasteiger partial charge in [0.05, 0.1) is 5.69 Å². The van der Waals surface area contributed by atoms with Crippen LogP contribution in [-0.2, 0) is 16.1 Å². The number of ether oxygens (including phenoxy) is 1. The van der Waals surface area contributed by atoms with Crippen LogP contribution in [0.4, 0.5) is 5.69 Å². The maximum Gasteiger partial charge on any atom is 0.260 e. The topological polar surface area (TPSA) is 83.0 Å². The van der Waals surface area contributed by atoms with Crippen molar-refractivity contribution in [3.05, 3.63) is 23.8 Å². The maximum atomic E-state index is 12.3. The fraction of sp³-hybridized carbons (Fsp3) is 0.526. The minimum absolute atomic E-state index is 0.0411. The van der Waals surface area contributed by atoms with Crippen LogP contribution < -0.4 is 15.4 Å². The van der Waals surface area contributed by atoms with Crippen LogP contribution in [0.1, 0.15) is 38.2 Å². The fourth-order valence-electron chi connectivity index (χ4n) is 3.76. The molecule has 1 saturated carbocycles. The molecule has 0 aromatic heterocycles. The van der Waals surface area contributed by atoms with Gasteiger partial charge in [-0.15, -0.1) is 0 Å². The standard InChI is InChI=1S/C19H24N4O3/c1-12(18(25)20-9-13-4-2-3-5-13)26-15-7-6-14-10-23-11-17(24)22-19(23)21-16(14)8-15/h6-8,12-13H,2-5,9-11H2,1H3,(H,20,25)(H,21,22,24). The molecule has 1 aromatic rings. The van der Waals surface area contributed by atoms with E-state index >= 15 is 0 Å². The quantitative estimate of drug-likeness (QED) is 0.841. The largest absolute Gasteiger partial charge is 0.481 e. The van der Waals surface area contributed by atoms with Gasteiger partial charge in [0.15, 0.2) is 6.10 Å². The smallest absolute Gasteiger partial charge is 0.260 e. The molecule has 1 unspecified atom stereocenters. The lowest BCUT2D eigenvalue weighted by molar-refractivity contribution is -0.127. The van der Waals surface area contributed by atoms with Gasteiger partial charge in [-0.3, -0.25) is 14.9 Å². The average Bonchev–Trinajstić information content (AvgIpc) is 3.25. The van der Waals surface area contributed by atoms with Gasteiger partial charge in [-0.05, 0) is 37.3 Å². The van der Waals surface area contributed by atoms with Crippen molar-refractivity contribution in [1.82, 2.24) is 15.5 Å². The number of hydrogen-bond donors (Lipinski definition) is 2. The van der Waals surface area contributed by atoms with Crippen molar-refractivity contribution >= 4 is 23.5 Å². The minimum Gasteiger partial charge on any atom is -0.481 e. The molecule has 4 rings (SSSR count). The Balaban J connectivity index is 1.37. The second kappa shape index (κ2) is 6.97. The zero-order valence-electron chi connectivity index (χ0n) is 15.0. The molecular formula is C19H24N4O3. The normalized spacial score (nSPS) is 20.1. The summed E-state index contributed by atoms with van der Waals surface area (Å²) in [6.07, 6.45) is 4.38. The van der Waals surface area contributed by atoms with E-state index in [9.17, 15) is 9.59 Å². The van der Waals surface area contributed by atoms with Crippen molar-refractivity contribution in [2.24, 2.45) is 10.9 Å². The number of carbonyl (C=O) groups is 2. The van der Waals surface area contributed by atoms with E-state index in [0.29, 0.717) is 30.7 Å². The summed E-state index contributed by atoms with van der Waals surface area (Å²) in [6.45, 7) is 3.48. The SMILES string of the molecule is CC(Oc1ccc2c(c1)N=C1NC(=O)CN1C2)C(=O)NCC1CCCC1. The van der Waals surface area contributed by atoms with Crippen LogP contribution in [-0.4, -0.2) is 41.9 Å². The van der Waals surface area contributed by atoms with E-state index in [1.165, 1.54) is 25.7 Å². The first kappa shape index (κ1) is 16.9. The monoisotopic (exact) mass is 356 g/mol. The van der Waals surface area contributed by atoms with Crippen molar-refractivity contribution in [1.29, 1.82) is 0 Å². The minimum atomic E-state index is -0.562. The number of nitrogens with one attached hydrogen (secondary N) is 2. The molecule has 0 radical (unpaired) electrons. The highest BCUT2D eigenvalue weighted by molar-refractivity contribution is 6.05. The molecule has 2 amide bonds. The molecule has 7 heteroatoms. The molecule has 1 atom stereocenters. The summed E-state index contributed by atoms with van der Waals surface area (Å²) in [5.74, 6) is 1.67. The van der Waals surface area contributed by atoms with Crippen LogP contribution in [0.5, 0.6) is 5.75 Å². The maximum absolute atomic E-state index is 12.3. The predicted octanol–water partition coefficient (Wildman–Crippen LogP) is 1.69. The third-order valence-corrected chi connectivity index (χ3v) is 5.25. The van der Waals surface area contributed by atoms with E-state index in [0.717, 1.165) is 17.8 Å². The second-order valence-corrected chi connectivity index (χ2v) is 7.29. The van der Waals surface area contributed by atoms with E-state index in [1.54, 1.807) is 6.92 Å². The van der Waals surface area contributed by atoms with Gasteiger partial charge in [0.25, 0.3) is 5.91 Å². The van der Waals surface area contributed by atoms with E-state index in [1.807, 2.05) is 23.1 Å². The Kier molecular flexibility index (Phi) is 4.53. The molecule has 1 aliphatic carbocycles. The van der Waals surface area contributed by atoms with Gasteiger partial charge in [-0.25, -0.2) is 4.99 Å². The Labute approximate surface area is 152 Å². The number of rotatable bonds is 5. The van der Waals surface area contributed by atoms with Crippen molar-refractivity contribution in [2.75, 3.05) is 13.1 Å². The number of amides is 2. The van der Waals surface area contributed by atoms with Crippen molar-refractivity contribution < 1.29 is 14.3 Å². The van der Waals surface area contributed by atoms with E-state index in [2.05, 4.69) is 15.6 Å². The first-order chi connectivity index (χ1) is 12.6. The molecule has 0 bridgehead atoms. The highest BCUT2D eigenvalue weighted by atomic mass is 16.5. The van der Waals surface area contributed by atoms with Gasteiger partial charge in [0, 0.05) is 19.2 Å². The van der Waals surface area contributed by atoms with Crippen LogP contribution in [0, 0.1) is 5.92 Å². The Morgan fingerprint density at radius 1 is 1.38 bits per heavy atom. The fourth-order valence-corrected chi connectivity index (χ4v) is 3.76. The second-order valence-electron chi connectivity index (χ2n) is 7.29. The van der Waals surface area contributed by atoms with Crippen LogP contribution >= 0.6 is 0 Å². The van der Waals surface area contributed by atoms with E-state index in [-0.39, 0.29) is 11.8 Å². The van der Waals surface area contributed by atoms with Crippen molar-refractivity contribution in [2.45, 2.75) is 45.3 Å². The Morgan fingerprint density at radius 3 is 3.00 bits per heavy atom. The van der Waals surface area contributed by atoms with Crippen LogP contribution in [0.2, 0.25) is 0 Å². The molecule has 26 heavy (non-hydrogen) atoms. The van der Waals surface area contributed by atoms with Gasteiger partial charge >= 0.3 is 0 Å². The first-order valence-electron chi connectivity index (χ1n) is 9.29. The van der Waals surface area contributed by atoms with Gasteiger partial charge in [0.1, 0.15) is 12.3 Å². The first-order valence-corrected chi connectivity index (χ1v) is 9.29. The van der Waals surface area contributed by atoms with Gasteiger partial charge < -0.3 is 15.0 Å². The molecule has 2 fully saturated rings. The van der Waals surface area contributed by atoms with E-state index in [4.69, 9.17) is 4.74 Å². The average molecular weight is 356 g/mol. The lowest BCUT2D eigenvalue weighted by Gasteiger charge is -2.23. The molecule has 1 aromatic carbocycles. The highest BCUT2D eigenvalue weighted by Gasteiger charge is 2.29. The Bertz CT molecular complexity index is 755. The van der Waals surface area contributed by atoms with Crippen molar-refractivity contribution in [3.63, 3.8) is 0 Å². The van der Waals surface area contributed by atoms with Gasteiger partial charge in [-0.1, -0.05) is 18.9 Å². The van der Waals surface area contributed by atoms with Crippen LogP contribution in [0.15, 0.2) is 23.2 Å². The number of carbonyl (C=O) groups excluding carboxylic acids is 2. The zero-order chi connectivity index (χ0) is 18.1. The van der Waals surface area contributed by atoms with Crippen LogP contribution in [0.25, 0.3) is 0 Å². The summed E-state index contributed by atoms with van der Waals surface area (Å²) in [7, 11) is 0. The molecule has 1 saturated heterocycles. The van der Waals surface area contributed by atoms with Gasteiger partial charge in [0.2, 0.25) is 11.9 Å². The highest BCUT2D eigenvalue weighted by Crippen LogP contribution is 2.31. The van der Waals surface area contributed by atoms with Crippen LogP contribution in [0.3, 0.4) is 0 Å². The summed E-state index contributed by atoms with van der Waals surface area (Å²) in [4.78, 5) is 30.2. The summed E-state index contributed by atoms with van der Waals surface area (Å²) in [5.41, 5.74) is 1.81. The third-order valence-electron chi connectivity index (χ3n) is 5.25. The lowest BCUT2D eigenvalue weighted by atomic mass is 10.1. The molecule has 0 spiro atoms. The Hall–Kier alpha value is -2.57.